The Kier molecular flexibility index (Phi) is 5.64. The van der Waals surface area contributed by atoms with Gasteiger partial charge in [-0.2, -0.15) is 13.2 Å². The van der Waals surface area contributed by atoms with E-state index in [1.54, 1.807) is 6.07 Å². The molecule has 0 spiro atoms. The maximum atomic E-state index is 13.1. The van der Waals surface area contributed by atoms with E-state index >= 15 is 0 Å². The highest BCUT2D eigenvalue weighted by atomic mass is 32.2. The van der Waals surface area contributed by atoms with Crippen molar-refractivity contribution in [1.29, 1.82) is 0 Å². The molecule has 1 saturated carbocycles. The van der Waals surface area contributed by atoms with Crippen LogP contribution in [0.2, 0.25) is 0 Å². The summed E-state index contributed by atoms with van der Waals surface area (Å²) >= 11 is 0. The minimum absolute atomic E-state index is 0.276. The SMILES string of the molecule is Cc1cccnc1S(=O)(=O)NCC(OC1CCCC1)C(F)(F)F. The number of nitrogens with one attached hydrogen (secondary N) is 1. The number of rotatable bonds is 6. The molecule has 1 fully saturated rings. The van der Waals surface area contributed by atoms with E-state index in [9.17, 15) is 21.6 Å². The smallest absolute Gasteiger partial charge is 0.364 e. The number of pyridine rings is 1. The van der Waals surface area contributed by atoms with Crippen molar-refractivity contribution in [3.05, 3.63) is 23.9 Å². The summed E-state index contributed by atoms with van der Waals surface area (Å²) in [5.41, 5.74) is 0.361. The molecule has 9 heteroatoms. The van der Waals surface area contributed by atoms with E-state index in [2.05, 4.69) is 4.98 Å². The first-order valence-electron chi connectivity index (χ1n) is 7.33. The molecule has 1 aromatic rings. The largest absolute Gasteiger partial charge is 0.415 e. The Hall–Kier alpha value is -1.19. The van der Waals surface area contributed by atoms with Gasteiger partial charge >= 0.3 is 6.18 Å². The Labute approximate surface area is 133 Å². The maximum Gasteiger partial charge on any atom is 0.415 e. The normalized spacial score (nSPS) is 18.3. The number of hydrogen-bond acceptors (Lipinski definition) is 4. The highest BCUT2D eigenvalue weighted by Gasteiger charge is 2.43. The topological polar surface area (TPSA) is 68.3 Å². The third-order valence-electron chi connectivity index (χ3n) is 3.70. The van der Waals surface area contributed by atoms with E-state index < -0.39 is 35.0 Å². The van der Waals surface area contributed by atoms with Crippen molar-refractivity contribution in [2.75, 3.05) is 6.54 Å². The average molecular weight is 352 g/mol. The molecule has 130 valence electrons. The molecule has 0 aromatic carbocycles. The van der Waals surface area contributed by atoms with E-state index in [0.29, 0.717) is 18.4 Å². The summed E-state index contributed by atoms with van der Waals surface area (Å²) in [6.07, 6.45) is -3.20. The lowest BCUT2D eigenvalue weighted by Gasteiger charge is -2.24. The quantitative estimate of drug-likeness (QED) is 0.854. The molecular formula is C14H19F3N2O3S. The van der Waals surface area contributed by atoms with E-state index in [1.807, 2.05) is 4.72 Å². The van der Waals surface area contributed by atoms with Gasteiger partial charge in [-0.15, -0.1) is 0 Å². The van der Waals surface area contributed by atoms with Crippen LogP contribution < -0.4 is 4.72 Å². The zero-order valence-corrected chi connectivity index (χ0v) is 13.5. The second kappa shape index (κ2) is 7.14. The Bertz CT molecular complexity index is 628. The molecule has 1 unspecified atom stereocenters. The first-order chi connectivity index (χ1) is 10.7. The standard InChI is InChI=1S/C14H19F3N2O3S/c1-10-5-4-8-18-13(10)23(20,21)19-9-12(14(15,16)17)22-11-6-2-3-7-11/h4-5,8,11-12,19H,2-3,6-7,9H2,1H3. The van der Waals surface area contributed by atoms with Crippen molar-refractivity contribution in [2.45, 2.75) is 56.0 Å². The Balaban J connectivity index is 2.06. The molecule has 0 radical (unpaired) electrons. The molecule has 1 aliphatic rings. The lowest BCUT2D eigenvalue weighted by atomic mass is 10.3. The van der Waals surface area contributed by atoms with Gasteiger partial charge in [0.1, 0.15) is 0 Å². The number of sulfonamides is 1. The number of hydrogen-bond donors (Lipinski definition) is 1. The third kappa shape index (κ3) is 4.89. The average Bonchev–Trinajstić information content (AvgIpc) is 2.95. The lowest BCUT2D eigenvalue weighted by Crippen LogP contribution is -2.44. The summed E-state index contributed by atoms with van der Waals surface area (Å²) in [5, 5.41) is -0.276. The number of ether oxygens (including phenoxy) is 1. The van der Waals surface area contributed by atoms with E-state index in [0.717, 1.165) is 12.8 Å². The predicted molar refractivity (Wildman–Crippen MR) is 77.3 cm³/mol. The molecule has 1 N–H and O–H groups in total. The Morgan fingerprint density at radius 1 is 1.39 bits per heavy atom. The van der Waals surface area contributed by atoms with Crippen molar-refractivity contribution in [2.24, 2.45) is 0 Å². The van der Waals surface area contributed by atoms with Gasteiger partial charge in [0.2, 0.25) is 0 Å². The predicted octanol–water partition coefficient (Wildman–Crippen LogP) is 2.56. The summed E-state index contributed by atoms with van der Waals surface area (Å²) in [6.45, 7) is 0.663. The van der Waals surface area contributed by atoms with Crippen molar-refractivity contribution < 1.29 is 26.3 Å². The molecule has 2 rings (SSSR count). The van der Waals surface area contributed by atoms with Crippen LogP contribution in [0.5, 0.6) is 0 Å². The van der Waals surface area contributed by atoms with Crippen molar-refractivity contribution in [1.82, 2.24) is 9.71 Å². The van der Waals surface area contributed by atoms with Crippen LogP contribution in [0.15, 0.2) is 23.4 Å². The summed E-state index contributed by atoms with van der Waals surface area (Å²) in [7, 11) is -4.12. The molecular weight excluding hydrogens is 333 g/mol. The van der Waals surface area contributed by atoms with Crippen LogP contribution >= 0.6 is 0 Å². The maximum absolute atomic E-state index is 13.1. The fourth-order valence-corrected chi connectivity index (χ4v) is 3.70. The summed E-state index contributed by atoms with van der Waals surface area (Å²) in [4.78, 5) is 3.72. The van der Waals surface area contributed by atoms with Crippen molar-refractivity contribution in [3.8, 4) is 0 Å². The number of halogens is 3. The third-order valence-corrected chi connectivity index (χ3v) is 5.18. The monoisotopic (exact) mass is 352 g/mol. The molecule has 1 atom stereocenters. The summed E-state index contributed by atoms with van der Waals surface area (Å²) < 4.78 is 70.4. The van der Waals surface area contributed by atoms with Crippen LogP contribution in [0.1, 0.15) is 31.2 Å². The fraction of sp³-hybridized carbons (Fsp3) is 0.643. The molecule has 1 heterocycles. The van der Waals surface area contributed by atoms with Gasteiger partial charge in [-0.1, -0.05) is 18.9 Å². The van der Waals surface area contributed by atoms with Gasteiger partial charge in [0, 0.05) is 12.7 Å². The summed E-state index contributed by atoms with van der Waals surface area (Å²) in [5.74, 6) is 0. The van der Waals surface area contributed by atoms with Crippen LogP contribution in [-0.2, 0) is 14.8 Å². The molecule has 0 aliphatic heterocycles. The minimum atomic E-state index is -4.63. The minimum Gasteiger partial charge on any atom is -0.364 e. The highest BCUT2D eigenvalue weighted by Crippen LogP contribution is 2.29. The number of nitrogens with zero attached hydrogens (tertiary/aromatic N) is 1. The van der Waals surface area contributed by atoms with Gasteiger partial charge < -0.3 is 4.74 Å². The second-order valence-corrected chi connectivity index (χ2v) is 7.23. The van der Waals surface area contributed by atoms with Crippen molar-refractivity contribution >= 4 is 10.0 Å². The molecule has 1 aromatic heterocycles. The summed E-state index contributed by atoms with van der Waals surface area (Å²) in [6, 6.07) is 3.08. The van der Waals surface area contributed by atoms with Gasteiger partial charge in [0.25, 0.3) is 10.0 Å². The number of aromatic nitrogens is 1. The number of aryl methyl sites for hydroxylation is 1. The number of alkyl halides is 3. The molecule has 5 nitrogen and oxygen atoms in total. The van der Waals surface area contributed by atoms with Crippen LogP contribution in [0.3, 0.4) is 0 Å². The van der Waals surface area contributed by atoms with Crippen LogP contribution in [0.25, 0.3) is 0 Å². The van der Waals surface area contributed by atoms with E-state index in [-0.39, 0.29) is 5.03 Å². The lowest BCUT2D eigenvalue weighted by molar-refractivity contribution is -0.229. The zero-order chi connectivity index (χ0) is 17.1. The van der Waals surface area contributed by atoms with Gasteiger partial charge in [-0.25, -0.2) is 18.1 Å². The molecule has 1 aliphatic carbocycles. The fourth-order valence-electron chi connectivity index (χ4n) is 2.50. The van der Waals surface area contributed by atoms with E-state index in [1.165, 1.54) is 19.2 Å². The molecule has 0 amide bonds. The first kappa shape index (κ1) is 18.2. The molecule has 0 bridgehead atoms. The highest BCUT2D eigenvalue weighted by molar-refractivity contribution is 7.89. The van der Waals surface area contributed by atoms with Crippen LogP contribution in [-0.4, -0.2) is 38.3 Å². The van der Waals surface area contributed by atoms with Gasteiger partial charge in [0.15, 0.2) is 11.1 Å². The van der Waals surface area contributed by atoms with Gasteiger partial charge in [-0.3, -0.25) is 0 Å². The van der Waals surface area contributed by atoms with Gasteiger partial charge in [0.05, 0.1) is 6.10 Å². The Morgan fingerprint density at radius 3 is 2.61 bits per heavy atom. The molecule has 0 saturated heterocycles. The van der Waals surface area contributed by atoms with Crippen molar-refractivity contribution in [3.63, 3.8) is 0 Å². The Morgan fingerprint density at radius 2 is 2.04 bits per heavy atom. The first-order valence-corrected chi connectivity index (χ1v) is 8.82. The van der Waals surface area contributed by atoms with Gasteiger partial charge in [-0.05, 0) is 31.4 Å². The van der Waals surface area contributed by atoms with E-state index in [4.69, 9.17) is 4.74 Å². The zero-order valence-electron chi connectivity index (χ0n) is 12.6. The molecule has 23 heavy (non-hydrogen) atoms. The second-order valence-electron chi connectivity index (χ2n) is 5.55. The van der Waals surface area contributed by atoms with Crippen LogP contribution in [0, 0.1) is 6.92 Å². The van der Waals surface area contributed by atoms with Crippen LogP contribution in [0.4, 0.5) is 13.2 Å².